The van der Waals surface area contributed by atoms with Crippen molar-refractivity contribution in [1.82, 2.24) is 0 Å². The molecule has 0 radical (unpaired) electrons. The maximum absolute atomic E-state index is 10.8. The number of esters is 1. The van der Waals surface area contributed by atoms with E-state index in [1.54, 1.807) is 12.1 Å². The van der Waals surface area contributed by atoms with Crippen molar-refractivity contribution in [3.8, 4) is 11.5 Å². The molecule has 0 amide bonds. The fourth-order valence-corrected chi connectivity index (χ4v) is 1.63. The molecular formula is C11H13IO3. The van der Waals surface area contributed by atoms with Gasteiger partial charge in [-0.1, -0.05) is 6.92 Å². The lowest BCUT2D eigenvalue weighted by atomic mass is 10.3. The summed E-state index contributed by atoms with van der Waals surface area (Å²) < 4.78 is 11.3. The molecule has 0 saturated carbocycles. The zero-order chi connectivity index (χ0) is 11.3. The van der Waals surface area contributed by atoms with Crippen LogP contribution >= 0.6 is 22.6 Å². The molecular weight excluding hydrogens is 307 g/mol. The summed E-state index contributed by atoms with van der Waals surface area (Å²) in [6.07, 6.45) is 0.974. The Morgan fingerprint density at radius 3 is 2.73 bits per heavy atom. The average molecular weight is 320 g/mol. The third kappa shape index (κ3) is 4.07. The molecule has 3 nitrogen and oxygen atoms in total. The van der Waals surface area contributed by atoms with Crippen molar-refractivity contribution in [3.05, 3.63) is 21.8 Å². The molecule has 0 bridgehead atoms. The van der Waals surface area contributed by atoms with Crippen LogP contribution in [0.2, 0.25) is 0 Å². The van der Waals surface area contributed by atoms with Crippen LogP contribution in [-0.4, -0.2) is 12.6 Å². The van der Waals surface area contributed by atoms with Gasteiger partial charge >= 0.3 is 5.97 Å². The molecule has 0 aromatic heterocycles. The Kier molecular flexibility index (Phi) is 4.87. The van der Waals surface area contributed by atoms with Crippen LogP contribution in [0.5, 0.6) is 11.5 Å². The zero-order valence-corrected chi connectivity index (χ0v) is 10.9. The minimum Gasteiger partial charge on any atom is -0.494 e. The predicted molar refractivity (Wildman–Crippen MR) is 66.3 cm³/mol. The summed E-state index contributed by atoms with van der Waals surface area (Å²) >= 11 is 2.11. The van der Waals surface area contributed by atoms with Gasteiger partial charge < -0.3 is 9.47 Å². The molecule has 0 aliphatic heterocycles. The van der Waals surface area contributed by atoms with Crippen LogP contribution in [0.3, 0.4) is 0 Å². The molecule has 0 atom stereocenters. The second-order valence-corrected chi connectivity index (χ2v) is 4.20. The quantitative estimate of drug-likeness (QED) is 0.486. The normalized spacial score (nSPS) is 9.80. The van der Waals surface area contributed by atoms with E-state index in [1.165, 1.54) is 6.92 Å². The van der Waals surface area contributed by atoms with Gasteiger partial charge in [-0.25, -0.2) is 0 Å². The van der Waals surface area contributed by atoms with E-state index in [9.17, 15) is 4.79 Å². The van der Waals surface area contributed by atoms with E-state index in [4.69, 9.17) is 9.47 Å². The lowest BCUT2D eigenvalue weighted by molar-refractivity contribution is -0.131. The standard InChI is InChI=1S/C11H13IO3/c1-3-6-14-9-4-5-11(10(12)7-9)15-8(2)13/h4-5,7H,3,6H2,1-2H3. The average Bonchev–Trinajstić information content (AvgIpc) is 2.18. The first-order valence-corrected chi connectivity index (χ1v) is 5.82. The summed E-state index contributed by atoms with van der Waals surface area (Å²) in [5, 5.41) is 0. The first-order chi connectivity index (χ1) is 7.13. The van der Waals surface area contributed by atoms with Gasteiger partial charge in [-0.3, -0.25) is 4.79 Å². The van der Waals surface area contributed by atoms with E-state index in [1.807, 2.05) is 6.07 Å². The van der Waals surface area contributed by atoms with Crippen LogP contribution in [-0.2, 0) is 4.79 Å². The van der Waals surface area contributed by atoms with E-state index in [0.717, 1.165) is 15.7 Å². The van der Waals surface area contributed by atoms with E-state index in [0.29, 0.717) is 12.4 Å². The van der Waals surface area contributed by atoms with Crippen LogP contribution < -0.4 is 9.47 Å². The maximum atomic E-state index is 10.8. The Morgan fingerprint density at radius 1 is 1.47 bits per heavy atom. The Balaban J connectivity index is 2.74. The molecule has 0 fully saturated rings. The largest absolute Gasteiger partial charge is 0.494 e. The summed E-state index contributed by atoms with van der Waals surface area (Å²) in [4.78, 5) is 10.8. The Labute approximate surface area is 103 Å². The second-order valence-electron chi connectivity index (χ2n) is 3.03. The molecule has 0 heterocycles. The molecule has 0 aliphatic rings. The van der Waals surface area contributed by atoms with Crippen LogP contribution in [0, 0.1) is 3.57 Å². The van der Waals surface area contributed by atoms with Crippen molar-refractivity contribution in [2.75, 3.05) is 6.61 Å². The second kappa shape index (κ2) is 5.95. The Hall–Kier alpha value is -0.780. The van der Waals surface area contributed by atoms with Gasteiger partial charge in [0, 0.05) is 6.92 Å². The van der Waals surface area contributed by atoms with Gasteiger partial charge in [-0.05, 0) is 47.2 Å². The number of ether oxygens (including phenoxy) is 2. The minimum absolute atomic E-state index is 0.310. The first-order valence-electron chi connectivity index (χ1n) is 4.74. The van der Waals surface area contributed by atoms with E-state index in [-0.39, 0.29) is 5.97 Å². The number of halogens is 1. The van der Waals surface area contributed by atoms with Crippen LogP contribution in [0.25, 0.3) is 0 Å². The maximum Gasteiger partial charge on any atom is 0.308 e. The molecule has 4 heteroatoms. The van der Waals surface area contributed by atoms with Crippen LogP contribution in [0.15, 0.2) is 18.2 Å². The van der Waals surface area contributed by atoms with Crippen LogP contribution in [0.4, 0.5) is 0 Å². The molecule has 0 unspecified atom stereocenters. The third-order valence-electron chi connectivity index (χ3n) is 1.63. The SMILES string of the molecule is CCCOc1ccc(OC(C)=O)c(I)c1. The fraction of sp³-hybridized carbons (Fsp3) is 0.364. The topological polar surface area (TPSA) is 35.5 Å². The van der Waals surface area contributed by atoms with E-state index >= 15 is 0 Å². The number of hydrogen-bond donors (Lipinski definition) is 0. The molecule has 82 valence electrons. The van der Waals surface area contributed by atoms with Crippen molar-refractivity contribution in [3.63, 3.8) is 0 Å². The summed E-state index contributed by atoms with van der Waals surface area (Å²) in [5.41, 5.74) is 0. The predicted octanol–water partition coefficient (Wildman–Crippen LogP) is 3.01. The highest BCUT2D eigenvalue weighted by atomic mass is 127. The molecule has 1 aromatic carbocycles. The smallest absolute Gasteiger partial charge is 0.308 e. The third-order valence-corrected chi connectivity index (χ3v) is 2.47. The zero-order valence-electron chi connectivity index (χ0n) is 8.75. The summed E-state index contributed by atoms with van der Waals surface area (Å²) in [5.74, 6) is 1.07. The highest BCUT2D eigenvalue weighted by Crippen LogP contribution is 2.25. The van der Waals surface area contributed by atoms with Gasteiger partial charge in [-0.15, -0.1) is 0 Å². The summed E-state index contributed by atoms with van der Waals surface area (Å²) in [7, 11) is 0. The van der Waals surface area contributed by atoms with Crippen molar-refractivity contribution >= 4 is 28.6 Å². The summed E-state index contributed by atoms with van der Waals surface area (Å²) in [6.45, 7) is 4.14. The van der Waals surface area contributed by atoms with E-state index < -0.39 is 0 Å². The van der Waals surface area contributed by atoms with Crippen molar-refractivity contribution < 1.29 is 14.3 Å². The summed E-state index contributed by atoms with van der Waals surface area (Å²) in [6, 6.07) is 5.40. The van der Waals surface area contributed by atoms with Crippen LogP contribution in [0.1, 0.15) is 20.3 Å². The lowest BCUT2D eigenvalue weighted by Gasteiger charge is -2.07. The molecule has 0 N–H and O–H groups in total. The van der Waals surface area contributed by atoms with Gasteiger partial charge in [0.2, 0.25) is 0 Å². The Bertz CT molecular complexity index is 350. The van der Waals surface area contributed by atoms with Crippen molar-refractivity contribution in [1.29, 1.82) is 0 Å². The Morgan fingerprint density at radius 2 is 2.20 bits per heavy atom. The van der Waals surface area contributed by atoms with Crippen molar-refractivity contribution in [2.45, 2.75) is 20.3 Å². The molecule has 0 aliphatic carbocycles. The van der Waals surface area contributed by atoms with E-state index in [2.05, 4.69) is 29.5 Å². The number of benzene rings is 1. The number of carbonyl (C=O) groups excluding carboxylic acids is 1. The monoisotopic (exact) mass is 320 g/mol. The minimum atomic E-state index is -0.310. The van der Waals surface area contributed by atoms with Crippen molar-refractivity contribution in [2.24, 2.45) is 0 Å². The van der Waals surface area contributed by atoms with Gasteiger partial charge in [-0.2, -0.15) is 0 Å². The first kappa shape index (κ1) is 12.3. The van der Waals surface area contributed by atoms with Gasteiger partial charge in [0.05, 0.1) is 10.2 Å². The van der Waals surface area contributed by atoms with Gasteiger partial charge in [0.15, 0.2) is 0 Å². The molecule has 1 rings (SSSR count). The number of carbonyl (C=O) groups is 1. The molecule has 0 saturated heterocycles. The highest BCUT2D eigenvalue weighted by molar-refractivity contribution is 14.1. The molecule has 0 spiro atoms. The van der Waals surface area contributed by atoms with Gasteiger partial charge in [0.1, 0.15) is 11.5 Å². The lowest BCUT2D eigenvalue weighted by Crippen LogP contribution is -2.03. The number of rotatable bonds is 4. The highest BCUT2D eigenvalue weighted by Gasteiger charge is 2.05. The van der Waals surface area contributed by atoms with Gasteiger partial charge in [0.25, 0.3) is 0 Å². The molecule has 1 aromatic rings. The molecule has 15 heavy (non-hydrogen) atoms. The fourth-order valence-electron chi connectivity index (χ4n) is 1.03. The number of hydrogen-bond acceptors (Lipinski definition) is 3.